The topological polar surface area (TPSA) is 48.5 Å². The fourth-order valence-corrected chi connectivity index (χ4v) is 8.25. The Hall–Kier alpha value is -7.69. The lowest BCUT2D eigenvalue weighted by Crippen LogP contribution is -2.12. The van der Waals surface area contributed by atoms with Crippen LogP contribution >= 0.6 is 0 Å². The Morgan fingerprint density at radius 3 is 1.08 bits per heavy atom. The monoisotopic (exact) mass is 911 g/mol. The molecule has 0 fully saturated rings. The molecule has 0 saturated carbocycles. The van der Waals surface area contributed by atoms with Crippen LogP contribution in [-0.2, 0) is 24.7 Å². The Labute approximate surface area is 363 Å². The highest BCUT2D eigenvalue weighted by atomic mass is 19.4. The van der Waals surface area contributed by atoms with Gasteiger partial charge in [0.25, 0.3) is 0 Å². The molecule has 0 aliphatic heterocycles. The quantitative estimate of drug-likeness (QED) is 0.162. The van der Waals surface area contributed by atoms with Crippen molar-refractivity contribution in [3.05, 3.63) is 174 Å². The van der Waals surface area contributed by atoms with Crippen molar-refractivity contribution in [1.82, 2.24) is 24.1 Å². The number of alkyl halides is 12. The first-order valence-electron chi connectivity index (χ1n) is 19.7. The second kappa shape index (κ2) is 14.9. The predicted molar refractivity (Wildman–Crippen MR) is 225 cm³/mol. The van der Waals surface area contributed by atoms with Crippen molar-refractivity contribution in [2.24, 2.45) is 0 Å². The molecule has 10 aromatic rings. The number of halogens is 12. The van der Waals surface area contributed by atoms with E-state index >= 15 is 13.2 Å². The Bertz CT molecular complexity index is 3380. The normalized spacial score (nSPS) is 12.8. The van der Waals surface area contributed by atoms with Crippen molar-refractivity contribution in [2.45, 2.75) is 24.7 Å². The molecule has 0 spiro atoms. The van der Waals surface area contributed by atoms with Gasteiger partial charge in [0.05, 0.1) is 50.0 Å². The summed E-state index contributed by atoms with van der Waals surface area (Å²) in [4.78, 5) is 14.0. The van der Waals surface area contributed by atoms with Gasteiger partial charge in [-0.05, 0) is 72.8 Å². The molecule has 0 aliphatic rings. The van der Waals surface area contributed by atoms with Crippen LogP contribution < -0.4 is 0 Å². The highest BCUT2D eigenvalue weighted by Crippen LogP contribution is 2.46. The van der Waals surface area contributed by atoms with E-state index in [2.05, 4.69) is 15.0 Å². The second-order valence-corrected chi connectivity index (χ2v) is 15.3. The van der Waals surface area contributed by atoms with E-state index in [4.69, 9.17) is 0 Å². The molecule has 0 saturated heterocycles. The van der Waals surface area contributed by atoms with Crippen LogP contribution in [0.15, 0.2) is 152 Å². The lowest BCUT2D eigenvalue weighted by Gasteiger charge is -2.18. The van der Waals surface area contributed by atoms with Crippen molar-refractivity contribution in [1.29, 1.82) is 0 Å². The molecule has 0 N–H and O–H groups in total. The van der Waals surface area contributed by atoms with Gasteiger partial charge < -0.3 is 9.13 Å². The van der Waals surface area contributed by atoms with Crippen molar-refractivity contribution < 1.29 is 52.7 Å². The lowest BCUT2D eigenvalue weighted by atomic mass is 10.1. The zero-order valence-electron chi connectivity index (χ0n) is 33.2. The van der Waals surface area contributed by atoms with E-state index in [0.717, 1.165) is 36.4 Å². The molecule has 0 aliphatic carbocycles. The summed E-state index contributed by atoms with van der Waals surface area (Å²) in [5, 5.41) is -0.246. The van der Waals surface area contributed by atoms with Crippen molar-refractivity contribution in [3.8, 4) is 45.5 Å². The molecule has 3 aromatic heterocycles. The summed E-state index contributed by atoms with van der Waals surface area (Å²) in [6, 6.07) is 32.5. The molecule has 3 heterocycles. The predicted octanol–water partition coefficient (Wildman–Crippen LogP) is 15.1. The maximum absolute atomic E-state index is 15.5. The highest BCUT2D eigenvalue weighted by Gasteiger charge is 2.39. The SMILES string of the molecule is FC(F)(F)c1ccc2c3cc(-n4c5cc(C(F)(F)F)ccc5c5ccc(C(F)(F)F)cc54)c(C(F)(F)F)cc3n(-c3ccc(-c4nc(-c5ccccc5)nc(-c5ccccc5)n4)cc3)c2c1. The molecule has 66 heavy (non-hydrogen) atoms. The van der Waals surface area contributed by atoms with Gasteiger partial charge in [-0.15, -0.1) is 0 Å². The molecular weight excluding hydrogens is 887 g/mol. The zero-order chi connectivity index (χ0) is 46.5. The third kappa shape index (κ3) is 7.33. The van der Waals surface area contributed by atoms with Crippen molar-refractivity contribution in [3.63, 3.8) is 0 Å². The number of hydrogen-bond acceptors (Lipinski definition) is 3. The van der Waals surface area contributed by atoms with Gasteiger partial charge in [-0.1, -0.05) is 78.9 Å². The van der Waals surface area contributed by atoms with Crippen molar-refractivity contribution in [2.75, 3.05) is 0 Å². The van der Waals surface area contributed by atoms with E-state index in [1.807, 2.05) is 12.1 Å². The maximum Gasteiger partial charge on any atom is 0.418 e. The summed E-state index contributed by atoms with van der Waals surface area (Å²) in [6.45, 7) is 0. The van der Waals surface area contributed by atoms with Crippen LogP contribution in [0.4, 0.5) is 52.7 Å². The summed E-state index contributed by atoms with van der Waals surface area (Å²) in [5.41, 5.74) is -5.66. The molecule has 0 atom stereocenters. The summed E-state index contributed by atoms with van der Waals surface area (Å²) in [6.07, 6.45) is -20.2. The highest BCUT2D eigenvalue weighted by molar-refractivity contribution is 6.13. The van der Waals surface area contributed by atoms with E-state index in [9.17, 15) is 39.5 Å². The number of benzene rings is 7. The molecule has 0 amide bonds. The van der Waals surface area contributed by atoms with Crippen LogP contribution in [0, 0.1) is 0 Å². The van der Waals surface area contributed by atoms with Gasteiger partial charge in [0.1, 0.15) is 0 Å². The lowest BCUT2D eigenvalue weighted by molar-refractivity contribution is -0.138. The van der Waals surface area contributed by atoms with Crippen LogP contribution in [0.3, 0.4) is 0 Å². The Balaban J connectivity index is 1.23. The van der Waals surface area contributed by atoms with E-state index in [0.29, 0.717) is 63.2 Å². The van der Waals surface area contributed by atoms with E-state index in [-0.39, 0.29) is 44.1 Å². The van der Waals surface area contributed by atoms with Crippen LogP contribution in [-0.4, -0.2) is 24.1 Å². The number of rotatable bonds is 5. The number of fused-ring (bicyclic) bond motifs is 6. The molecule has 17 heteroatoms. The zero-order valence-corrected chi connectivity index (χ0v) is 33.2. The Morgan fingerprint density at radius 1 is 0.318 bits per heavy atom. The van der Waals surface area contributed by atoms with Crippen LogP contribution in [0.2, 0.25) is 0 Å². The molecule has 330 valence electrons. The minimum absolute atomic E-state index is 0.00209. The van der Waals surface area contributed by atoms with Gasteiger partial charge in [0, 0.05) is 43.9 Å². The van der Waals surface area contributed by atoms with Gasteiger partial charge >= 0.3 is 24.7 Å². The average molecular weight is 912 g/mol. The first-order valence-corrected chi connectivity index (χ1v) is 19.7. The van der Waals surface area contributed by atoms with Gasteiger partial charge in [-0.25, -0.2) is 15.0 Å². The standard InChI is InChI=1S/C49H25F12N5/c50-46(51,52)29-15-20-35-36-24-42(66-39-22-30(47(53,54)55)13-18-33(39)34-19-14-31(23-40(34)66)48(56,57)58)37(49(59,60)61)25-41(36)65(38(35)21-29)32-16-11-28(12-17-32)45-63-43(26-7-3-1-4-8-26)62-44(64-45)27-9-5-2-6-10-27/h1-25H. The summed E-state index contributed by atoms with van der Waals surface area (Å²) < 4.78 is 176. The number of aromatic nitrogens is 5. The van der Waals surface area contributed by atoms with Gasteiger partial charge in [-0.3, -0.25) is 0 Å². The molecule has 0 radical (unpaired) electrons. The fraction of sp³-hybridized carbons (Fsp3) is 0.0816. The first kappa shape index (κ1) is 42.3. The van der Waals surface area contributed by atoms with Gasteiger partial charge in [0.15, 0.2) is 17.5 Å². The van der Waals surface area contributed by atoms with Gasteiger partial charge in [-0.2, -0.15) is 52.7 Å². The fourth-order valence-electron chi connectivity index (χ4n) is 8.25. The Kier molecular flexibility index (Phi) is 9.56. The molecule has 7 aromatic carbocycles. The minimum Gasteiger partial charge on any atom is -0.309 e. The third-order valence-electron chi connectivity index (χ3n) is 11.3. The van der Waals surface area contributed by atoms with Crippen LogP contribution in [0.1, 0.15) is 22.3 Å². The van der Waals surface area contributed by atoms with E-state index in [1.54, 1.807) is 48.5 Å². The minimum atomic E-state index is -5.32. The summed E-state index contributed by atoms with van der Waals surface area (Å²) in [5.74, 6) is 0.857. The van der Waals surface area contributed by atoms with E-state index < -0.39 is 63.7 Å². The van der Waals surface area contributed by atoms with Crippen molar-refractivity contribution >= 4 is 43.6 Å². The van der Waals surface area contributed by atoms with Crippen LogP contribution in [0.25, 0.3) is 89.2 Å². The first-order chi connectivity index (χ1) is 31.2. The largest absolute Gasteiger partial charge is 0.418 e. The second-order valence-electron chi connectivity index (χ2n) is 15.3. The Morgan fingerprint density at radius 2 is 0.682 bits per heavy atom. The molecule has 0 bridgehead atoms. The summed E-state index contributed by atoms with van der Waals surface area (Å²) in [7, 11) is 0. The molecular formula is C49H25F12N5. The smallest absolute Gasteiger partial charge is 0.309 e. The third-order valence-corrected chi connectivity index (χ3v) is 11.3. The van der Waals surface area contributed by atoms with E-state index in [1.165, 1.54) is 28.8 Å². The van der Waals surface area contributed by atoms with Gasteiger partial charge in [0.2, 0.25) is 0 Å². The molecule has 5 nitrogen and oxygen atoms in total. The summed E-state index contributed by atoms with van der Waals surface area (Å²) >= 11 is 0. The molecule has 0 unspecified atom stereocenters. The van der Waals surface area contributed by atoms with Crippen LogP contribution in [0.5, 0.6) is 0 Å². The maximum atomic E-state index is 15.5. The number of hydrogen-bond donors (Lipinski definition) is 0. The average Bonchev–Trinajstić information content (AvgIpc) is 3.79. The number of nitrogens with zero attached hydrogens (tertiary/aromatic N) is 5. The molecule has 10 rings (SSSR count).